The second kappa shape index (κ2) is 8.99. The van der Waals surface area contributed by atoms with Crippen LogP contribution in [0.15, 0.2) is 65.8 Å². The fourth-order valence-electron chi connectivity index (χ4n) is 2.98. The smallest absolute Gasteiger partial charge is 0.244 e. The minimum absolute atomic E-state index is 0.145. The van der Waals surface area contributed by atoms with E-state index in [1.807, 2.05) is 55.5 Å². The van der Waals surface area contributed by atoms with E-state index in [1.165, 1.54) is 5.56 Å². The van der Waals surface area contributed by atoms with Crippen molar-refractivity contribution < 1.29 is 9.53 Å². The third-order valence-electron chi connectivity index (χ3n) is 4.41. The summed E-state index contributed by atoms with van der Waals surface area (Å²) in [6.07, 6.45) is 2.95. The van der Waals surface area contributed by atoms with Gasteiger partial charge in [-0.25, -0.2) is 5.43 Å². The molecule has 138 valence electrons. The molecule has 1 N–H and O–H groups in total. The third-order valence-corrected chi connectivity index (χ3v) is 4.41. The Labute approximate surface area is 159 Å². The van der Waals surface area contributed by atoms with E-state index in [9.17, 15) is 4.79 Å². The number of carbonyl (C=O) groups excluding carboxylic acids is 1. The van der Waals surface area contributed by atoms with Gasteiger partial charge in [0.15, 0.2) is 0 Å². The van der Waals surface area contributed by atoms with Crippen molar-refractivity contribution in [2.45, 2.75) is 26.7 Å². The number of aryl methyl sites for hydroxylation is 1. The third kappa shape index (κ3) is 4.73. The molecule has 0 aliphatic heterocycles. The molecular formula is C23H24N2O2. The second-order valence-corrected chi connectivity index (χ2v) is 6.27. The molecule has 0 aliphatic carbocycles. The van der Waals surface area contributed by atoms with E-state index in [-0.39, 0.29) is 5.91 Å². The average molecular weight is 360 g/mol. The molecule has 0 saturated heterocycles. The zero-order valence-electron chi connectivity index (χ0n) is 15.7. The SMILES string of the molecule is CCOc1ccc2ccccc2c1/C=N\NC(=O)Cc1ccc(CC)cc1. The quantitative estimate of drug-likeness (QED) is 0.498. The van der Waals surface area contributed by atoms with Crippen molar-refractivity contribution in [3.63, 3.8) is 0 Å². The summed E-state index contributed by atoms with van der Waals surface area (Å²) in [6.45, 7) is 4.63. The highest BCUT2D eigenvalue weighted by atomic mass is 16.5. The first-order valence-corrected chi connectivity index (χ1v) is 9.25. The lowest BCUT2D eigenvalue weighted by atomic mass is 10.0. The van der Waals surface area contributed by atoms with Gasteiger partial charge in [0.2, 0.25) is 5.91 Å². The van der Waals surface area contributed by atoms with E-state index < -0.39 is 0 Å². The van der Waals surface area contributed by atoms with Crippen molar-refractivity contribution in [3.05, 3.63) is 77.4 Å². The predicted octanol–water partition coefficient (Wildman–Crippen LogP) is 4.49. The number of amides is 1. The van der Waals surface area contributed by atoms with Gasteiger partial charge in [-0.1, -0.05) is 61.5 Å². The van der Waals surface area contributed by atoms with Crippen LogP contribution in [0, 0.1) is 0 Å². The average Bonchev–Trinajstić information content (AvgIpc) is 2.70. The molecule has 0 heterocycles. The van der Waals surface area contributed by atoms with Crippen LogP contribution in [0.4, 0.5) is 0 Å². The van der Waals surface area contributed by atoms with E-state index in [0.717, 1.165) is 34.1 Å². The maximum atomic E-state index is 12.2. The van der Waals surface area contributed by atoms with E-state index in [4.69, 9.17) is 4.74 Å². The van der Waals surface area contributed by atoms with Crippen molar-refractivity contribution >= 4 is 22.9 Å². The van der Waals surface area contributed by atoms with Crippen LogP contribution < -0.4 is 10.2 Å². The number of rotatable bonds is 7. The Morgan fingerprint density at radius 2 is 1.74 bits per heavy atom. The molecule has 0 aliphatic rings. The van der Waals surface area contributed by atoms with Crippen molar-refractivity contribution in [1.29, 1.82) is 0 Å². The molecule has 27 heavy (non-hydrogen) atoms. The van der Waals surface area contributed by atoms with Gasteiger partial charge in [-0.15, -0.1) is 0 Å². The molecule has 0 bridgehead atoms. The van der Waals surface area contributed by atoms with E-state index in [2.05, 4.69) is 29.6 Å². The molecule has 4 nitrogen and oxygen atoms in total. The molecule has 4 heteroatoms. The molecule has 3 rings (SSSR count). The van der Waals surface area contributed by atoms with Crippen LogP contribution in [0.2, 0.25) is 0 Å². The number of carbonyl (C=O) groups is 1. The lowest BCUT2D eigenvalue weighted by Gasteiger charge is -2.10. The zero-order valence-corrected chi connectivity index (χ0v) is 15.7. The van der Waals surface area contributed by atoms with Crippen LogP contribution in [0.1, 0.15) is 30.5 Å². The van der Waals surface area contributed by atoms with Crippen LogP contribution in [0.5, 0.6) is 5.75 Å². The number of fused-ring (bicyclic) bond motifs is 1. The Morgan fingerprint density at radius 3 is 2.48 bits per heavy atom. The molecule has 3 aromatic carbocycles. The Morgan fingerprint density at radius 1 is 1.00 bits per heavy atom. The van der Waals surface area contributed by atoms with Gasteiger partial charge in [0.1, 0.15) is 5.75 Å². The Hall–Kier alpha value is -3.14. The van der Waals surface area contributed by atoms with Crippen LogP contribution in [0.3, 0.4) is 0 Å². The monoisotopic (exact) mass is 360 g/mol. The maximum Gasteiger partial charge on any atom is 0.244 e. The largest absolute Gasteiger partial charge is 0.493 e. The maximum absolute atomic E-state index is 12.2. The van der Waals surface area contributed by atoms with Gasteiger partial charge in [-0.3, -0.25) is 4.79 Å². The minimum Gasteiger partial charge on any atom is -0.493 e. The number of nitrogens with zero attached hydrogens (tertiary/aromatic N) is 1. The molecular weight excluding hydrogens is 336 g/mol. The normalized spacial score (nSPS) is 11.0. The lowest BCUT2D eigenvalue weighted by Crippen LogP contribution is -2.19. The first-order valence-electron chi connectivity index (χ1n) is 9.25. The van der Waals surface area contributed by atoms with E-state index in [0.29, 0.717) is 13.0 Å². The number of hydrazone groups is 1. The predicted molar refractivity (Wildman–Crippen MR) is 110 cm³/mol. The van der Waals surface area contributed by atoms with Crippen molar-refractivity contribution in [3.8, 4) is 5.75 Å². The second-order valence-electron chi connectivity index (χ2n) is 6.27. The first kappa shape index (κ1) is 18.6. The van der Waals surface area contributed by atoms with Crippen molar-refractivity contribution in [1.82, 2.24) is 5.43 Å². The van der Waals surface area contributed by atoms with Gasteiger partial charge in [0, 0.05) is 5.56 Å². The van der Waals surface area contributed by atoms with Gasteiger partial charge in [-0.2, -0.15) is 5.10 Å². The summed E-state index contributed by atoms with van der Waals surface area (Å²) < 4.78 is 5.72. The molecule has 0 atom stereocenters. The van der Waals surface area contributed by atoms with Gasteiger partial charge in [0.05, 0.1) is 19.2 Å². The summed E-state index contributed by atoms with van der Waals surface area (Å²) in [4.78, 5) is 12.2. The molecule has 0 aromatic heterocycles. The minimum atomic E-state index is -0.145. The lowest BCUT2D eigenvalue weighted by molar-refractivity contribution is -0.120. The number of hydrogen-bond acceptors (Lipinski definition) is 3. The number of hydrogen-bond donors (Lipinski definition) is 1. The van der Waals surface area contributed by atoms with Crippen LogP contribution in [-0.4, -0.2) is 18.7 Å². The van der Waals surface area contributed by atoms with Crippen molar-refractivity contribution in [2.24, 2.45) is 5.10 Å². The van der Waals surface area contributed by atoms with Crippen molar-refractivity contribution in [2.75, 3.05) is 6.61 Å². The van der Waals surface area contributed by atoms with Gasteiger partial charge >= 0.3 is 0 Å². The summed E-state index contributed by atoms with van der Waals surface area (Å²) in [7, 11) is 0. The molecule has 0 spiro atoms. The molecule has 0 radical (unpaired) electrons. The fraction of sp³-hybridized carbons (Fsp3) is 0.217. The van der Waals surface area contributed by atoms with Crippen LogP contribution in [0.25, 0.3) is 10.8 Å². The van der Waals surface area contributed by atoms with E-state index >= 15 is 0 Å². The summed E-state index contributed by atoms with van der Waals surface area (Å²) in [6, 6.07) is 20.1. The van der Waals surface area contributed by atoms with E-state index in [1.54, 1.807) is 6.21 Å². The standard InChI is InChI=1S/C23H24N2O2/c1-3-17-9-11-18(12-10-17)15-23(26)25-24-16-21-20-8-6-5-7-19(20)13-14-22(21)27-4-2/h5-14,16H,3-4,15H2,1-2H3,(H,25,26)/b24-16-. The Balaban J connectivity index is 1.73. The highest BCUT2D eigenvalue weighted by Gasteiger charge is 2.07. The molecule has 0 saturated carbocycles. The summed E-state index contributed by atoms with van der Waals surface area (Å²) in [5, 5.41) is 6.30. The summed E-state index contributed by atoms with van der Waals surface area (Å²) >= 11 is 0. The van der Waals surface area contributed by atoms with Gasteiger partial charge in [-0.05, 0) is 41.3 Å². The number of benzene rings is 3. The molecule has 1 amide bonds. The highest BCUT2D eigenvalue weighted by Crippen LogP contribution is 2.26. The summed E-state index contributed by atoms with van der Waals surface area (Å²) in [5.74, 6) is 0.609. The summed E-state index contributed by atoms with van der Waals surface area (Å²) in [5.41, 5.74) is 5.71. The van der Waals surface area contributed by atoms with Gasteiger partial charge < -0.3 is 4.74 Å². The molecule has 3 aromatic rings. The fourth-order valence-corrected chi connectivity index (χ4v) is 2.98. The Bertz CT molecular complexity index is 946. The number of nitrogens with one attached hydrogen (secondary N) is 1. The first-order chi connectivity index (χ1) is 13.2. The topological polar surface area (TPSA) is 50.7 Å². The van der Waals surface area contributed by atoms with Gasteiger partial charge in [0.25, 0.3) is 0 Å². The zero-order chi connectivity index (χ0) is 19.1. The number of ether oxygens (including phenoxy) is 1. The Kier molecular flexibility index (Phi) is 6.21. The molecule has 0 unspecified atom stereocenters. The highest BCUT2D eigenvalue weighted by molar-refractivity contribution is 6.02. The van der Waals surface area contributed by atoms with Crippen LogP contribution in [-0.2, 0) is 17.6 Å². The van der Waals surface area contributed by atoms with Crippen LogP contribution >= 0.6 is 0 Å². The molecule has 0 fully saturated rings.